The normalized spacial score (nSPS) is 16.8. The van der Waals surface area contributed by atoms with Crippen LogP contribution in [0.5, 0.6) is 0 Å². The molecule has 2 aromatic rings. The molecular formula is C18H27BrN6O. The number of aromatic nitrogens is 4. The topological polar surface area (TPSA) is 59.2 Å². The lowest BCUT2D eigenvalue weighted by Crippen LogP contribution is -2.50. The summed E-state index contributed by atoms with van der Waals surface area (Å²) < 4.78 is 4.65. The van der Waals surface area contributed by atoms with Gasteiger partial charge in [-0.1, -0.05) is 6.92 Å². The number of carbonyl (C=O) groups is 1. The fraction of sp³-hybridized carbons (Fsp3) is 0.611. The van der Waals surface area contributed by atoms with Gasteiger partial charge in [0, 0.05) is 57.2 Å². The second kappa shape index (κ2) is 8.35. The van der Waals surface area contributed by atoms with Crippen molar-refractivity contribution in [3.63, 3.8) is 0 Å². The zero-order valence-electron chi connectivity index (χ0n) is 15.7. The molecule has 2 aromatic heterocycles. The van der Waals surface area contributed by atoms with Crippen LogP contribution in [-0.4, -0.2) is 61.4 Å². The number of carbonyl (C=O) groups excluding carboxylic acids is 1. The monoisotopic (exact) mass is 422 g/mol. The van der Waals surface area contributed by atoms with E-state index in [0.717, 1.165) is 55.9 Å². The van der Waals surface area contributed by atoms with E-state index < -0.39 is 0 Å². The highest BCUT2D eigenvalue weighted by molar-refractivity contribution is 9.10. The molecule has 1 atom stereocenters. The summed E-state index contributed by atoms with van der Waals surface area (Å²) in [5.41, 5.74) is 2.38. The van der Waals surface area contributed by atoms with Crippen LogP contribution in [0.15, 0.2) is 23.1 Å². The zero-order chi connectivity index (χ0) is 18.7. The lowest BCUT2D eigenvalue weighted by atomic mass is 10.1. The van der Waals surface area contributed by atoms with Crippen LogP contribution in [0.1, 0.15) is 37.6 Å². The molecule has 0 N–H and O–H groups in total. The van der Waals surface area contributed by atoms with Crippen LogP contribution in [0.4, 0.5) is 0 Å². The Kier molecular flexibility index (Phi) is 6.13. The second-order valence-electron chi connectivity index (χ2n) is 6.76. The summed E-state index contributed by atoms with van der Waals surface area (Å²) in [5.74, 6) is 0.165. The van der Waals surface area contributed by atoms with Crippen LogP contribution in [0.25, 0.3) is 0 Å². The average Bonchev–Trinajstić information content (AvgIpc) is 3.22. The van der Waals surface area contributed by atoms with Gasteiger partial charge in [0.1, 0.15) is 6.04 Å². The number of hydrogen-bond donors (Lipinski definition) is 0. The number of hydrogen-bond acceptors (Lipinski definition) is 4. The Bertz CT molecular complexity index is 747. The molecule has 1 aliphatic rings. The molecule has 7 nitrogen and oxygen atoms in total. The number of aryl methyl sites for hydroxylation is 2. The summed E-state index contributed by atoms with van der Waals surface area (Å²) >= 11 is 3.41. The number of amides is 1. The molecule has 3 heterocycles. The summed E-state index contributed by atoms with van der Waals surface area (Å²) in [6.45, 7) is 11.3. The van der Waals surface area contributed by atoms with Crippen LogP contribution in [0.3, 0.4) is 0 Å². The number of piperazine rings is 1. The molecule has 3 rings (SSSR count). The predicted octanol–water partition coefficient (Wildman–Crippen LogP) is 2.47. The van der Waals surface area contributed by atoms with Gasteiger partial charge in [0.15, 0.2) is 0 Å². The minimum Gasteiger partial charge on any atom is -0.338 e. The van der Waals surface area contributed by atoms with E-state index in [1.807, 2.05) is 22.7 Å². The minimum absolute atomic E-state index is 0.165. The van der Waals surface area contributed by atoms with Crippen molar-refractivity contribution in [2.24, 2.45) is 0 Å². The van der Waals surface area contributed by atoms with Gasteiger partial charge in [-0.25, -0.2) is 0 Å². The van der Waals surface area contributed by atoms with E-state index in [4.69, 9.17) is 0 Å². The molecule has 26 heavy (non-hydrogen) atoms. The zero-order valence-corrected chi connectivity index (χ0v) is 17.3. The first kappa shape index (κ1) is 19.1. The van der Waals surface area contributed by atoms with Gasteiger partial charge in [0.05, 0.1) is 16.4 Å². The molecule has 0 aliphatic carbocycles. The van der Waals surface area contributed by atoms with E-state index in [0.29, 0.717) is 0 Å². The molecule has 142 valence electrons. The lowest BCUT2D eigenvalue weighted by Gasteiger charge is -2.36. The first-order valence-corrected chi connectivity index (χ1v) is 10.0. The highest BCUT2D eigenvalue weighted by Crippen LogP contribution is 2.19. The predicted molar refractivity (Wildman–Crippen MR) is 104 cm³/mol. The Morgan fingerprint density at radius 2 is 1.96 bits per heavy atom. The van der Waals surface area contributed by atoms with Crippen molar-refractivity contribution in [1.82, 2.24) is 29.4 Å². The molecule has 8 heteroatoms. The lowest BCUT2D eigenvalue weighted by molar-refractivity contribution is -0.137. The highest BCUT2D eigenvalue weighted by atomic mass is 79.9. The molecule has 0 bridgehead atoms. The molecule has 1 aliphatic heterocycles. The van der Waals surface area contributed by atoms with Crippen molar-refractivity contribution >= 4 is 21.8 Å². The third-order valence-electron chi connectivity index (χ3n) is 5.01. The maximum absolute atomic E-state index is 12.9. The molecule has 1 saturated heterocycles. The molecule has 1 fully saturated rings. The van der Waals surface area contributed by atoms with Crippen molar-refractivity contribution in [2.45, 2.75) is 46.3 Å². The van der Waals surface area contributed by atoms with E-state index >= 15 is 0 Å². The number of nitrogens with zero attached hydrogens (tertiary/aromatic N) is 6. The molecular weight excluding hydrogens is 396 g/mol. The molecule has 1 amide bonds. The Hall–Kier alpha value is -1.67. The van der Waals surface area contributed by atoms with Gasteiger partial charge in [-0.3, -0.25) is 19.1 Å². The number of halogens is 1. The largest absolute Gasteiger partial charge is 0.338 e. The molecule has 0 spiro atoms. The van der Waals surface area contributed by atoms with Crippen LogP contribution in [0, 0.1) is 6.92 Å². The fourth-order valence-corrected chi connectivity index (χ4v) is 3.72. The summed E-state index contributed by atoms with van der Waals surface area (Å²) in [6.07, 6.45) is 6.47. The van der Waals surface area contributed by atoms with Gasteiger partial charge in [-0.15, -0.1) is 0 Å². The second-order valence-corrected chi connectivity index (χ2v) is 7.68. The SMILES string of the molecule is CCC(C(=O)N1CCN(Cc2cn(CC)nc2C)CC1)n1cc(Br)cn1. The fourth-order valence-electron chi connectivity index (χ4n) is 3.41. The Labute approximate surface area is 163 Å². The minimum atomic E-state index is -0.224. The first-order chi connectivity index (χ1) is 12.5. The van der Waals surface area contributed by atoms with Gasteiger partial charge in [-0.05, 0) is 36.2 Å². The van der Waals surface area contributed by atoms with Gasteiger partial charge in [0.25, 0.3) is 0 Å². The van der Waals surface area contributed by atoms with Crippen LogP contribution in [0.2, 0.25) is 0 Å². The van der Waals surface area contributed by atoms with Crippen molar-refractivity contribution in [2.75, 3.05) is 26.2 Å². The highest BCUT2D eigenvalue weighted by Gasteiger charge is 2.28. The van der Waals surface area contributed by atoms with Gasteiger partial charge in [0.2, 0.25) is 5.91 Å². The Morgan fingerprint density at radius 3 is 2.50 bits per heavy atom. The summed E-state index contributed by atoms with van der Waals surface area (Å²) in [7, 11) is 0. The van der Waals surface area contributed by atoms with Crippen molar-refractivity contribution in [3.05, 3.63) is 34.3 Å². The summed E-state index contributed by atoms with van der Waals surface area (Å²) in [5, 5.41) is 8.82. The maximum Gasteiger partial charge on any atom is 0.247 e. The third-order valence-corrected chi connectivity index (χ3v) is 5.42. The van der Waals surface area contributed by atoms with E-state index in [9.17, 15) is 4.79 Å². The van der Waals surface area contributed by atoms with E-state index in [1.165, 1.54) is 5.56 Å². The third kappa shape index (κ3) is 4.17. The first-order valence-electron chi connectivity index (χ1n) is 9.25. The molecule has 1 unspecified atom stereocenters. The number of rotatable bonds is 6. The van der Waals surface area contributed by atoms with Crippen LogP contribution in [-0.2, 0) is 17.9 Å². The van der Waals surface area contributed by atoms with Crippen LogP contribution >= 0.6 is 15.9 Å². The average molecular weight is 423 g/mol. The van der Waals surface area contributed by atoms with Gasteiger partial charge >= 0.3 is 0 Å². The van der Waals surface area contributed by atoms with Crippen LogP contribution < -0.4 is 0 Å². The molecule has 0 aromatic carbocycles. The summed E-state index contributed by atoms with van der Waals surface area (Å²) in [6, 6.07) is -0.224. The Morgan fingerprint density at radius 1 is 1.23 bits per heavy atom. The standard InChI is InChI=1S/C18H27BrN6O/c1-4-17(25-13-16(19)10-20-25)18(26)23-8-6-22(7-9-23)11-15-12-24(5-2)21-14(15)3/h10,12-13,17H,4-9,11H2,1-3H3. The molecule has 0 saturated carbocycles. The van der Waals surface area contributed by atoms with Crippen molar-refractivity contribution in [1.29, 1.82) is 0 Å². The van der Waals surface area contributed by atoms with E-state index in [-0.39, 0.29) is 11.9 Å². The van der Waals surface area contributed by atoms with Crippen molar-refractivity contribution in [3.8, 4) is 0 Å². The van der Waals surface area contributed by atoms with Gasteiger partial charge < -0.3 is 4.90 Å². The summed E-state index contributed by atoms with van der Waals surface area (Å²) in [4.78, 5) is 17.3. The van der Waals surface area contributed by atoms with E-state index in [2.05, 4.69) is 51.1 Å². The van der Waals surface area contributed by atoms with E-state index in [1.54, 1.807) is 10.9 Å². The molecule has 0 radical (unpaired) electrons. The smallest absolute Gasteiger partial charge is 0.247 e. The quantitative estimate of drug-likeness (QED) is 0.717. The Balaban J connectivity index is 1.57. The van der Waals surface area contributed by atoms with Gasteiger partial charge in [-0.2, -0.15) is 10.2 Å². The maximum atomic E-state index is 12.9. The van der Waals surface area contributed by atoms with Crippen molar-refractivity contribution < 1.29 is 4.79 Å².